The predicted molar refractivity (Wildman–Crippen MR) is 298 cm³/mol. The molecule has 6 heteroatoms. The number of carbonyl (C=O) groups is 3. The second kappa shape index (κ2) is 57.4. The van der Waals surface area contributed by atoms with Crippen molar-refractivity contribution in [3.8, 4) is 0 Å². The van der Waals surface area contributed by atoms with Crippen LogP contribution in [0, 0.1) is 0 Å². The smallest absolute Gasteiger partial charge is 0.306 e. The van der Waals surface area contributed by atoms with E-state index in [4.69, 9.17) is 14.2 Å². The number of esters is 3. The van der Waals surface area contributed by atoms with Crippen LogP contribution >= 0.6 is 0 Å². The number of hydrogen-bond acceptors (Lipinski definition) is 6. The molecule has 0 bridgehead atoms. The molecule has 0 aromatic rings. The molecule has 0 aliphatic carbocycles. The fourth-order valence-electron chi connectivity index (χ4n) is 8.27. The van der Waals surface area contributed by atoms with Gasteiger partial charge in [0.05, 0.1) is 0 Å². The average Bonchev–Trinajstić information content (AvgIpc) is 3.35. The molecular formula is C63H110O6. The van der Waals surface area contributed by atoms with Gasteiger partial charge in [-0.1, -0.05) is 261 Å². The van der Waals surface area contributed by atoms with Crippen LogP contribution in [-0.4, -0.2) is 37.2 Å². The number of carbonyl (C=O) groups excluding carboxylic acids is 3. The lowest BCUT2D eigenvalue weighted by Crippen LogP contribution is -2.30. The van der Waals surface area contributed by atoms with Gasteiger partial charge in [0.1, 0.15) is 13.2 Å². The Kier molecular flexibility index (Phi) is 54.8. The Morgan fingerprint density at radius 2 is 0.580 bits per heavy atom. The summed E-state index contributed by atoms with van der Waals surface area (Å²) in [5, 5.41) is 0. The minimum absolute atomic E-state index is 0.0820. The van der Waals surface area contributed by atoms with Gasteiger partial charge in [-0.2, -0.15) is 0 Å². The van der Waals surface area contributed by atoms with E-state index in [9.17, 15) is 14.4 Å². The lowest BCUT2D eigenvalue weighted by molar-refractivity contribution is -0.167. The maximum atomic E-state index is 12.9. The molecule has 0 rings (SSSR count). The molecule has 0 radical (unpaired) electrons. The van der Waals surface area contributed by atoms with Crippen molar-refractivity contribution in [1.82, 2.24) is 0 Å². The first-order valence-electron chi connectivity index (χ1n) is 29.4. The lowest BCUT2D eigenvalue weighted by Gasteiger charge is -2.18. The molecule has 1 unspecified atom stereocenters. The van der Waals surface area contributed by atoms with E-state index in [0.717, 1.165) is 109 Å². The van der Waals surface area contributed by atoms with Gasteiger partial charge in [0, 0.05) is 19.3 Å². The molecule has 0 saturated heterocycles. The molecule has 0 aliphatic rings. The summed E-state index contributed by atoms with van der Waals surface area (Å²) in [5.41, 5.74) is 0. The van der Waals surface area contributed by atoms with Crippen LogP contribution in [-0.2, 0) is 28.6 Å². The first kappa shape index (κ1) is 65.8. The van der Waals surface area contributed by atoms with E-state index in [1.165, 1.54) is 141 Å². The van der Waals surface area contributed by atoms with Crippen molar-refractivity contribution in [2.24, 2.45) is 0 Å². The summed E-state index contributed by atoms with van der Waals surface area (Å²) in [6, 6.07) is 0. The second-order valence-electron chi connectivity index (χ2n) is 19.5. The Hall–Kier alpha value is -3.15. The van der Waals surface area contributed by atoms with Crippen molar-refractivity contribution in [3.05, 3.63) is 72.9 Å². The van der Waals surface area contributed by atoms with Gasteiger partial charge in [0.2, 0.25) is 0 Å². The Bertz CT molecular complexity index is 1290. The minimum atomic E-state index is -0.783. The molecule has 0 fully saturated rings. The summed E-state index contributed by atoms with van der Waals surface area (Å²) < 4.78 is 16.9. The first-order chi connectivity index (χ1) is 34.0. The van der Waals surface area contributed by atoms with Gasteiger partial charge in [0.25, 0.3) is 0 Å². The van der Waals surface area contributed by atoms with Gasteiger partial charge in [-0.25, -0.2) is 0 Å². The van der Waals surface area contributed by atoms with E-state index in [1.807, 2.05) is 0 Å². The highest BCUT2D eigenvalue weighted by Crippen LogP contribution is 2.16. The van der Waals surface area contributed by atoms with Crippen LogP contribution < -0.4 is 0 Å². The topological polar surface area (TPSA) is 78.9 Å². The molecule has 0 aliphatic heterocycles. The Balaban J connectivity index is 4.37. The predicted octanol–water partition coefficient (Wildman–Crippen LogP) is 19.8. The van der Waals surface area contributed by atoms with E-state index in [2.05, 4.69) is 93.7 Å². The van der Waals surface area contributed by atoms with Crippen molar-refractivity contribution < 1.29 is 28.6 Å². The number of hydrogen-bond donors (Lipinski definition) is 0. The van der Waals surface area contributed by atoms with E-state index in [1.54, 1.807) is 0 Å². The molecule has 398 valence electrons. The second-order valence-corrected chi connectivity index (χ2v) is 19.5. The van der Waals surface area contributed by atoms with Crippen LogP contribution in [0.1, 0.15) is 290 Å². The SMILES string of the molecule is CC/C=C\C/C=C\C/C=C\C/C=C\CCCCCCCCCCC(=O)OCC(COC(=O)CCCCCCC/C=C\C/C=C\CCCC)OC(=O)CCCCCCCCCCCCCCCCCC. The summed E-state index contributed by atoms with van der Waals surface area (Å²) in [7, 11) is 0. The van der Waals surface area contributed by atoms with E-state index >= 15 is 0 Å². The Labute approximate surface area is 427 Å². The summed E-state index contributed by atoms with van der Waals surface area (Å²) in [6.45, 7) is 6.50. The quantitative estimate of drug-likeness (QED) is 0.0262. The van der Waals surface area contributed by atoms with E-state index < -0.39 is 6.10 Å². The highest BCUT2D eigenvalue weighted by atomic mass is 16.6. The Morgan fingerprint density at radius 3 is 0.928 bits per heavy atom. The summed E-state index contributed by atoms with van der Waals surface area (Å²) >= 11 is 0. The van der Waals surface area contributed by atoms with Crippen LogP contribution in [0.5, 0.6) is 0 Å². The molecule has 0 heterocycles. The zero-order valence-electron chi connectivity index (χ0n) is 45.6. The lowest BCUT2D eigenvalue weighted by atomic mass is 10.0. The Morgan fingerprint density at radius 1 is 0.304 bits per heavy atom. The number of rotatable bonds is 53. The van der Waals surface area contributed by atoms with Crippen molar-refractivity contribution in [2.75, 3.05) is 13.2 Å². The molecule has 0 aromatic carbocycles. The molecule has 6 nitrogen and oxygen atoms in total. The van der Waals surface area contributed by atoms with Gasteiger partial charge in [-0.05, 0) is 83.5 Å². The largest absolute Gasteiger partial charge is 0.462 e. The van der Waals surface area contributed by atoms with Crippen molar-refractivity contribution in [1.29, 1.82) is 0 Å². The zero-order chi connectivity index (χ0) is 50.0. The fourth-order valence-corrected chi connectivity index (χ4v) is 8.27. The van der Waals surface area contributed by atoms with Crippen molar-refractivity contribution in [3.63, 3.8) is 0 Å². The van der Waals surface area contributed by atoms with Gasteiger partial charge in [-0.15, -0.1) is 0 Å². The van der Waals surface area contributed by atoms with Crippen LogP contribution in [0.25, 0.3) is 0 Å². The third-order valence-electron chi connectivity index (χ3n) is 12.7. The van der Waals surface area contributed by atoms with Crippen LogP contribution in [0.15, 0.2) is 72.9 Å². The summed E-state index contributed by atoms with van der Waals surface area (Å²) in [6.07, 6.45) is 73.2. The van der Waals surface area contributed by atoms with Gasteiger partial charge < -0.3 is 14.2 Å². The van der Waals surface area contributed by atoms with Crippen LogP contribution in [0.3, 0.4) is 0 Å². The molecule has 0 saturated carbocycles. The highest BCUT2D eigenvalue weighted by molar-refractivity contribution is 5.71. The summed E-state index contributed by atoms with van der Waals surface area (Å²) in [5.74, 6) is -0.891. The summed E-state index contributed by atoms with van der Waals surface area (Å²) in [4.78, 5) is 38.2. The maximum absolute atomic E-state index is 12.9. The van der Waals surface area contributed by atoms with Crippen LogP contribution in [0.4, 0.5) is 0 Å². The fraction of sp³-hybridized carbons (Fsp3) is 0.762. The molecule has 69 heavy (non-hydrogen) atoms. The monoisotopic (exact) mass is 963 g/mol. The molecule has 1 atom stereocenters. The zero-order valence-corrected chi connectivity index (χ0v) is 45.6. The highest BCUT2D eigenvalue weighted by Gasteiger charge is 2.19. The van der Waals surface area contributed by atoms with E-state index in [-0.39, 0.29) is 31.1 Å². The third kappa shape index (κ3) is 55.6. The number of unbranched alkanes of at least 4 members (excludes halogenated alkanes) is 30. The van der Waals surface area contributed by atoms with Crippen molar-refractivity contribution in [2.45, 2.75) is 297 Å². The third-order valence-corrected chi connectivity index (χ3v) is 12.7. The molecular weight excluding hydrogens is 853 g/mol. The minimum Gasteiger partial charge on any atom is -0.462 e. The maximum Gasteiger partial charge on any atom is 0.306 e. The van der Waals surface area contributed by atoms with Crippen molar-refractivity contribution >= 4 is 17.9 Å². The molecule has 0 spiro atoms. The molecule has 0 N–H and O–H groups in total. The first-order valence-corrected chi connectivity index (χ1v) is 29.4. The van der Waals surface area contributed by atoms with Crippen LogP contribution in [0.2, 0.25) is 0 Å². The number of allylic oxidation sites excluding steroid dienone is 12. The number of ether oxygens (including phenoxy) is 3. The van der Waals surface area contributed by atoms with Gasteiger partial charge >= 0.3 is 17.9 Å². The van der Waals surface area contributed by atoms with E-state index in [0.29, 0.717) is 19.3 Å². The van der Waals surface area contributed by atoms with Gasteiger partial charge in [-0.3, -0.25) is 14.4 Å². The standard InChI is InChI=1S/C63H110O6/c1-4-7-10-13-16-19-22-25-28-30-31-32-33-34-36-38-41-44-47-50-53-56-62(65)68-59-60(58-67-61(64)55-52-49-46-43-40-37-27-24-21-18-15-12-9-6-3)69-63(66)57-54-51-48-45-42-39-35-29-26-23-20-17-14-11-8-5-2/h7,10,15-16,18-19,24-25,27-28,31-32,60H,4-6,8-9,11-14,17,20-23,26,29-30,33-59H2,1-3H3/b10-7-,18-15-,19-16-,27-24-,28-25-,32-31-. The average molecular weight is 964 g/mol. The molecule has 0 amide bonds. The van der Waals surface area contributed by atoms with Gasteiger partial charge in [0.15, 0.2) is 6.10 Å². The normalized spacial score (nSPS) is 12.6. The molecule has 0 aromatic heterocycles.